The molecule has 206 valence electrons. The summed E-state index contributed by atoms with van der Waals surface area (Å²) in [6.07, 6.45) is 3.36. The zero-order valence-corrected chi connectivity index (χ0v) is 21.7. The number of primary amides is 1. The number of rotatable bonds is 17. The number of hydrogen-bond acceptors (Lipinski definition) is 6. The van der Waals surface area contributed by atoms with Crippen molar-refractivity contribution in [3.63, 3.8) is 0 Å². The lowest BCUT2D eigenvalue weighted by Crippen LogP contribution is -2.55. The Balaban J connectivity index is 2.14. The minimum Gasteiger partial charge on any atom is -0.368 e. The Kier molecular flexibility index (Phi) is 13.5. The Morgan fingerprint density at radius 2 is 1.16 bits per heavy atom. The Morgan fingerprint density at radius 3 is 1.68 bits per heavy atom. The van der Waals surface area contributed by atoms with E-state index in [2.05, 4.69) is 16.0 Å². The molecule has 0 aliphatic carbocycles. The van der Waals surface area contributed by atoms with Crippen molar-refractivity contribution in [3.8, 4) is 0 Å². The summed E-state index contributed by atoms with van der Waals surface area (Å²) < 4.78 is 0. The molecule has 0 aliphatic heterocycles. The maximum atomic E-state index is 13.3. The number of hydrogen-bond donors (Lipinski definition) is 6. The maximum absolute atomic E-state index is 13.3. The second kappa shape index (κ2) is 16.9. The highest BCUT2D eigenvalue weighted by Crippen LogP contribution is 2.13. The van der Waals surface area contributed by atoms with Crippen molar-refractivity contribution in [3.05, 3.63) is 71.8 Å². The molecule has 2 rings (SSSR count). The van der Waals surface area contributed by atoms with Crippen molar-refractivity contribution in [2.45, 2.75) is 63.1 Å². The lowest BCUT2D eigenvalue weighted by Gasteiger charge is -2.25. The van der Waals surface area contributed by atoms with Crippen LogP contribution in [-0.4, -0.2) is 48.8 Å². The first-order valence-electron chi connectivity index (χ1n) is 13.0. The smallest absolute Gasteiger partial charge is 0.244 e. The summed E-state index contributed by atoms with van der Waals surface area (Å²) in [4.78, 5) is 51.4. The summed E-state index contributed by atoms with van der Waals surface area (Å²) in [5.74, 6) is -2.04. The lowest BCUT2D eigenvalue weighted by atomic mass is 10.0. The topological polar surface area (TPSA) is 182 Å². The normalized spacial score (nSPS) is 13.1. The van der Waals surface area contributed by atoms with Crippen LogP contribution >= 0.6 is 0 Å². The molecular weight excluding hydrogens is 484 g/mol. The van der Waals surface area contributed by atoms with E-state index >= 15 is 0 Å². The van der Waals surface area contributed by atoms with Gasteiger partial charge in [0.05, 0.1) is 6.42 Å². The molecule has 2 aromatic carbocycles. The maximum Gasteiger partial charge on any atom is 0.244 e. The van der Waals surface area contributed by atoms with E-state index in [0.717, 1.165) is 5.56 Å². The number of amides is 4. The number of unbranched alkanes of at least 4 members (excludes halogenated alkanes) is 2. The van der Waals surface area contributed by atoms with E-state index in [9.17, 15) is 19.2 Å². The Labute approximate surface area is 224 Å². The van der Waals surface area contributed by atoms with Crippen LogP contribution in [0.15, 0.2) is 60.7 Å². The molecule has 3 atom stereocenters. The minimum atomic E-state index is -1.05. The predicted molar refractivity (Wildman–Crippen MR) is 146 cm³/mol. The fraction of sp³-hybridized carbons (Fsp3) is 0.429. The molecule has 0 saturated heterocycles. The van der Waals surface area contributed by atoms with Gasteiger partial charge in [-0.2, -0.15) is 0 Å². The van der Waals surface area contributed by atoms with Gasteiger partial charge in [-0.05, 0) is 62.7 Å². The number of nitrogens with one attached hydrogen (secondary N) is 3. The summed E-state index contributed by atoms with van der Waals surface area (Å²) in [5.41, 5.74) is 18.1. The molecule has 4 amide bonds. The van der Waals surface area contributed by atoms with Gasteiger partial charge >= 0.3 is 0 Å². The van der Waals surface area contributed by atoms with Gasteiger partial charge in [-0.3, -0.25) is 19.2 Å². The molecule has 0 aliphatic rings. The molecule has 0 heterocycles. The van der Waals surface area contributed by atoms with E-state index < -0.39 is 35.8 Å². The monoisotopic (exact) mass is 524 g/mol. The standard InChI is InChI=1S/C28H40N6O4/c29-17-9-7-15-22(32-24(35)19-20-11-3-1-4-12-20)27(37)33-23(16-8-10-18-30)28(38)34-25(26(31)36)21-13-5-2-6-14-21/h1-6,11-14,22-23,25H,7-10,15-19,29-30H2,(H2,31,36)(H,32,35)(H,33,37)(H,34,38)/t22-,23-,25-/m0/s1. The summed E-state index contributed by atoms with van der Waals surface area (Å²) in [7, 11) is 0. The van der Waals surface area contributed by atoms with E-state index in [-0.39, 0.29) is 12.3 Å². The third-order valence-corrected chi connectivity index (χ3v) is 6.09. The number of carbonyl (C=O) groups is 4. The van der Waals surface area contributed by atoms with Gasteiger partial charge in [-0.1, -0.05) is 60.7 Å². The van der Waals surface area contributed by atoms with Gasteiger partial charge in [0.1, 0.15) is 18.1 Å². The van der Waals surface area contributed by atoms with Gasteiger partial charge in [0, 0.05) is 0 Å². The molecular formula is C28H40N6O4. The second-order valence-electron chi connectivity index (χ2n) is 9.17. The van der Waals surface area contributed by atoms with Gasteiger partial charge in [0.2, 0.25) is 23.6 Å². The van der Waals surface area contributed by atoms with Gasteiger partial charge in [-0.25, -0.2) is 0 Å². The fourth-order valence-electron chi connectivity index (χ4n) is 4.03. The fourth-order valence-corrected chi connectivity index (χ4v) is 4.03. The predicted octanol–water partition coefficient (Wildman–Crippen LogP) is 0.800. The first-order chi connectivity index (χ1) is 18.3. The van der Waals surface area contributed by atoms with E-state index in [1.54, 1.807) is 30.3 Å². The minimum absolute atomic E-state index is 0.124. The van der Waals surface area contributed by atoms with Crippen LogP contribution in [-0.2, 0) is 25.6 Å². The van der Waals surface area contributed by atoms with E-state index in [0.29, 0.717) is 57.2 Å². The number of benzene rings is 2. The van der Waals surface area contributed by atoms with Crippen LogP contribution in [0, 0.1) is 0 Å². The van der Waals surface area contributed by atoms with Crippen molar-refractivity contribution in [1.29, 1.82) is 0 Å². The van der Waals surface area contributed by atoms with Crippen molar-refractivity contribution >= 4 is 23.6 Å². The average molecular weight is 525 g/mol. The highest BCUT2D eigenvalue weighted by Gasteiger charge is 2.29. The zero-order valence-electron chi connectivity index (χ0n) is 21.7. The third-order valence-electron chi connectivity index (χ3n) is 6.09. The van der Waals surface area contributed by atoms with Crippen LogP contribution in [0.1, 0.15) is 55.7 Å². The first-order valence-corrected chi connectivity index (χ1v) is 13.0. The molecule has 10 heteroatoms. The summed E-state index contributed by atoms with van der Waals surface area (Å²) in [6.45, 7) is 0.901. The molecule has 0 unspecified atom stereocenters. The molecule has 38 heavy (non-hydrogen) atoms. The Bertz CT molecular complexity index is 1020. The number of carbonyl (C=O) groups excluding carboxylic acids is 4. The Hall–Kier alpha value is -3.76. The average Bonchev–Trinajstić information content (AvgIpc) is 2.91. The van der Waals surface area contributed by atoms with Gasteiger partial charge in [0.15, 0.2) is 0 Å². The molecule has 0 aromatic heterocycles. The number of nitrogens with two attached hydrogens (primary N) is 3. The lowest BCUT2D eigenvalue weighted by molar-refractivity contribution is -0.133. The highest BCUT2D eigenvalue weighted by atomic mass is 16.2. The third kappa shape index (κ3) is 10.7. The summed E-state index contributed by atoms with van der Waals surface area (Å²) in [6, 6.07) is 15.0. The van der Waals surface area contributed by atoms with Crippen LogP contribution in [0.3, 0.4) is 0 Å². The zero-order chi connectivity index (χ0) is 27.8. The molecule has 0 fully saturated rings. The summed E-state index contributed by atoms with van der Waals surface area (Å²) in [5, 5.41) is 8.25. The SMILES string of the molecule is NCCCC[C@H](NC(=O)Cc1ccccc1)C(=O)N[C@@H](CCCCN)C(=O)N[C@H](C(N)=O)c1ccccc1. The van der Waals surface area contributed by atoms with Crippen molar-refractivity contribution in [2.24, 2.45) is 17.2 Å². The van der Waals surface area contributed by atoms with Crippen molar-refractivity contribution in [1.82, 2.24) is 16.0 Å². The van der Waals surface area contributed by atoms with Crippen molar-refractivity contribution in [2.75, 3.05) is 13.1 Å². The van der Waals surface area contributed by atoms with Crippen LogP contribution in [0.4, 0.5) is 0 Å². The molecule has 10 nitrogen and oxygen atoms in total. The van der Waals surface area contributed by atoms with Crippen LogP contribution in [0.25, 0.3) is 0 Å². The van der Waals surface area contributed by atoms with Crippen LogP contribution < -0.4 is 33.2 Å². The van der Waals surface area contributed by atoms with E-state index in [4.69, 9.17) is 17.2 Å². The first kappa shape index (κ1) is 30.5. The van der Waals surface area contributed by atoms with Crippen molar-refractivity contribution < 1.29 is 19.2 Å². The van der Waals surface area contributed by atoms with Crippen LogP contribution in [0.5, 0.6) is 0 Å². The van der Waals surface area contributed by atoms with Gasteiger partial charge in [-0.15, -0.1) is 0 Å². The highest BCUT2D eigenvalue weighted by molar-refractivity contribution is 5.94. The second-order valence-corrected chi connectivity index (χ2v) is 9.17. The molecule has 2 aromatic rings. The van der Waals surface area contributed by atoms with E-state index in [1.165, 1.54) is 0 Å². The molecule has 0 bridgehead atoms. The molecule has 9 N–H and O–H groups in total. The Morgan fingerprint density at radius 1 is 0.658 bits per heavy atom. The molecule has 0 radical (unpaired) electrons. The molecule has 0 saturated carbocycles. The largest absolute Gasteiger partial charge is 0.368 e. The van der Waals surface area contributed by atoms with Gasteiger partial charge in [0.25, 0.3) is 0 Å². The summed E-state index contributed by atoms with van der Waals surface area (Å²) >= 11 is 0. The van der Waals surface area contributed by atoms with Crippen LogP contribution in [0.2, 0.25) is 0 Å². The van der Waals surface area contributed by atoms with Gasteiger partial charge < -0.3 is 33.2 Å². The van der Waals surface area contributed by atoms with E-state index in [1.807, 2.05) is 30.3 Å². The molecule has 0 spiro atoms. The quantitative estimate of drug-likeness (QED) is 0.166.